The topological polar surface area (TPSA) is 72.8 Å². The van der Waals surface area contributed by atoms with Gasteiger partial charge in [0, 0.05) is 12.7 Å². The number of ether oxygens (including phenoxy) is 2. The molecule has 0 bridgehead atoms. The van der Waals surface area contributed by atoms with Crippen LogP contribution in [0.5, 0.6) is 0 Å². The highest BCUT2D eigenvalue weighted by Crippen LogP contribution is 2.31. The first-order valence-corrected chi connectivity index (χ1v) is 4.70. The number of allylic oxidation sites excluding steroid dienone is 2. The molecule has 16 heavy (non-hydrogen) atoms. The van der Waals surface area contributed by atoms with Crippen molar-refractivity contribution >= 4 is 12.1 Å². The molecule has 1 aliphatic rings. The summed E-state index contributed by atoms with van der Waals surface area (Å²) in [6, 6.07) is 0. The maximum atomic E-state index is 11.5. The molecule has 0 radical (unpaired) electrons. The van der Waals surface area contributed by atoms with Crippen LogP contribution in [0.2, 0.25) is 0 Å². The molecule has 0 saturated heterocycles. The molecule has 0 amide bonds. The number of methoxy groups -OCH3 is 2. The van der Waals surface area contributed by atoms with Gasteiger partial charge in [-0.05, 0) is 19.1 Å². The predicted octanol–water partition coefficient (Wildman–Crippen LogP) is -0.00930. The van der Waals surface area contributed by atoms with Crippen LogP contribution in [0.1, 0.15) is 6.92 Å². The zero-order chi connectivity index (χ0) is 12.3. The lowest BCUT2D eigenvalue weighted by atomic mass is 9.84. The van der Waals surface area contributed by atoms with Crippen molar-refractivity contribution in [2.24, 2.45) is 0 Å². The molecule has 88 valence electrons. The standard InChI is InChI=1S/C11H14O5/c1-7(13)11(14)9(15-2)4-8(6-12)5-10(11)16-3/h4-6,9,14H,1-3H3/t9-,11-/m0/s1. The summed E-state index contributed by atoms with van der Waals surface area (Å²) in [5.41, 5.74) is -1.56. The molecule has 5 nitrogen and oxygen atoms in total. The molecule has 0 fully saturated rings. The molecule has 0 aromatic rings. The van der Waals surface area contributed by atoms with Gasteiger partial charge in [0.25, 0.3) is 0 Å². The van der Waals surface area contributed by atoms with Gasteiger partial charge >= 0.3 is 0 Å². The molecule has 0 spiro atoms. The van der Waals surface area contributed by atoms with Gasteiger partial charge in [-0.25, -0.2) is 0 Å². The Balaban J connectivity index is 3.28. The summed E-state index contributed by atoms with van der Waals surface area (Å²) in [5.74, 6) is -0.495. The first-order chi connectivity index (χ1) is 7.50. The van der Waals surface area contributed by atoms with Crippen LogP contribution in [-0.2, 0) is 19.1 Å². The van der Waals surface area contributed by atoms with E-state index in [-0.39, 0.29) is 5.76 Å². The predicted molar refractivity (Wildman–Crippen MR) is 55.7 cm³/mol. The van der Waals surface area contributed by atoms with E-state index >= 15 is 0 Å². The van der Waals surface area contributed by atoms with E-state index in [9.17, 15) is 14.7 Å². The number of hydrogen-bond acceptors (Lipinski definition) is 5. The van der Waals surface area contributed by atoms with E-state index in [1.807, 2.05) is 0 Å². The molecule has 5 heteroatoms. The van der Waals surface area contributed by atoms with Crippen LogP contribution < -0.4 is 0 Å². The summed E-state index contributed by atoms with van der Waals surface area (Å²) in [6.45, 7) is 1.23. The SMILES string of the molecule is COC1=CC(C=O)=C[C@H](OC)[C@@]1(O)C(C)=O. The number of carbonyl (C=O) groups excluding carboxylic acids is 2. The van der Waals surface area contributed by atoms with Gasteiger partial charge in [0.1, 0.15) is 18.1 Å². The fourth-order valence-electron chi connectivity index (χ4n) is 1.65. The lowest BCUT2D eigenvalue weighted by molar-refractivity contribution is -0.146. The highest BCUT2D eigenvalue weighted by molar-refractivity contribution is 5.91. The molecule has 0 aliphatic heterocycles. The molecule has 0 aromatic heterocycles. The van der Waals surface area contributed by atoms with Gasteiger partial charge in [-0.1, -0.05) is 0 Å². The van der Waals surface area contributed by atoms with Crippen molar-refractivity contribution < 1.29 is 24.2 Å². The van der Waals surface area contributed by atoms with Gasteiger partial charge in [0.05, 0.1) is 7.11 Å². The van der Waals surface area contributed by atoms with E-state index in [0.717, 1.165) is 0 Å². The van der Waals surface area contributed by atoms with Crippen molar-refractivity contribution in [1.29, 1.82) is 0 Å². The smallest absolute Gasteiger partial charge is 0.209 e. The number of rotatable bonds is 4. The fraction of sp³-hybridized carbons (Fsp3) is 0.455. The van der Waals surface area contributed by atoms with Gasteiger partial charge in [0.15, 0.2) is 5.78 Å². The number of aliphatic hydroxyl groups is 1. The van der Waals surface area contributed by atoms with Crippen molar-refractivity contribution in [3.05, 3.63) is 23.5 Å². The molecule has 0 unspecified atom stereocenters. The van der Waals surface area contributed by atoms with E-state index in [1.165, 1.54) is 33.3 Å². The Morgan fingerprint density at radius 1 is 1.56 bits per heavy atom. The summed E-state index contributed by atoms with van der Waals surface area (Å²) in [5, 5.41) is 10.3. The second kappa shape index (κ2) is 4.59. The Morgan fingerprint density at radius 3 is 2.56 bits per heavy atom. The maximum Gasteiger partial charge on any atom is 0.209 e. The summed E-state index contributed by atoms with van der Waals surface area (Å²) < 4.78 is 9.95. The Bertz CT molecular complexity index is 369. The molecule has 1 N–H and O–H groups in total. The average Bonchev–Trinajstić information content (AvgIpc) is 2.28. The molecule has 0 saturated carbocycles. The van der Waals surface area contributed by atoms with Crippen LogP contribution in [0.3, 0.4) is 0 Å². The Morgan fingerprint density at radius 2 is 2.19 bits per heavy atom. The zero-order valence-electron chi connectivity index (χ0n) is 9.39. The fourth-order valence-corrected chi connectivity index (χ4v) is 1.65. The van der Waals surface area contributed by atoms with Crippen LogP contribution >= 0.6 is 0 Å². The van der Waals surface area contributed by atoms with Gasteiger partial charge in [-0.3, -0.25) is 9.59 Å². The minimum atomic E-state index is -1.87. The normalized spacial score (nSPS) is 29.1. The van der Waals surface area contributed by atoms with Crippen molar-refractivity contribution in [3.63, 3.8) is 0 Å². The van der Waals surface area contributed by atoms with Crippen molar-refractivity contribution in [2.45, 2.75) is 18.6 Å². The van der Waals surface area contributed by atoms with E-state index in [2.05, 4.69) is 0 Å². The summed E-state index contributed by atoms with van der Waals surface area (Å²) in [4.78, 5) is 22.2. The monoisotopic (exact) mass is 226 g/mol. The minimum Gasteiger partial charge on any atom is -0.497 e. The van der Waals surface area contributed by atoms with Crippen molar-refractivity contribution in [3.8, 4) is 0 Å². The van der Waals surface area contributed by atoms with E-state index in [0.29, 0.717) is 11.9 Å². The van der Waals surface area contributed by atoms with Crippen LogP contribution in [0.4, 0.5) is 0 Å². The van der Waals surface area contributed by atoms with Gasteiger partial charge in [-0.2, -0.15) is 0 Å². The molecular weight excluding hydrogens is 212 g/mol. The number of aldehydes is 1. The second-order valence-corrected chi connectivity index (χ2v) is 3.48. The lowest BCUT2D eigenvalue weighted by Crippen LogP contribution is -2.52. The van der Waals surface area contributed by atoms with Crippen LogP contribution in [0.25, 0.3) is 0 Å². The van der Waals surface area contributed by atoms with E-state index < -0.39 is 17.5 Å². The van der Waals surface area contributed by atoms with Crippen LogP contribution in [0.15, 0.2) is 23.5 Å². The molecule has 1 rings (SSSR count). The van der Waals surface area contributed by atoms with E-state index in [1.54, 1.807) is 0 Å². The van der Waals surface area contributed by atoms with Crippen molar-refractivity contribution in [1.82, 2.24) is 0 Å². The summed E-state index contributed by atoms with van der Waals surface area (Å²) in [7, 11) is 2.66. The third-order valence-corrected chi connectivity index (χ3v) is 2.58. The lowest BCUT2D eigenvalue weighted by Gasteiger charge is -2.34. The van der Waals surface area contributed by atoms with Gasteiger partial charge in [-0.15, -0.1) is 0 Å². The summed E-state index contributed by atoms with van der Waals surface area (Å²) >= 11 is 0. The summed E-state index contributed by atoms with van der Waals surface area (Å²) in [6.07, 6.45) is 2.39. The number of hydrogen-bond donors (Lipinski definition) is 1. The molecule has 2 atom stereocenters. The van der Waals surface area contributed by atoms with Crippen LogP contribution in [0, 0.1) is 0 Å². The highest BCUT2D eigenvalue weighted by atomic mass is 16.5. The van der Waals surface area contributed by atoms with Gasteiger partial charge in [0.2, 0.25) is 5.60 Å². The Labute approximate surface area is 93.3 Å². The first kappa shape index (κ1) is 12.6. The third kappa shape index (κ3) is 1.79. The average molecular weight is 226 g/mol. The maximum absolute atomic E-state index is 11.5. The molecule has 1 aliphatic carbocycles. The van der Waals surface area contributed by atoms with Crippen LogP contribution in [-0.4, -0.2) is 43.1 Å². The third-order valence-electron chi connectivity index (χ3n) is 2.58. The Hall–Kier alpha value is -1.46. The highest BCUT2D eigenvalue weighted by Gasteiger charge is 2.47. The molecule has 0 aromatic carbocycles. The van der Waals surface area contributed by atoms with Gasteiger partial charge < -0.3 is 14.6 Å². The quantitative estimate of drug-likeness (QED) is 0.682. The van der Waals surface area contributed by atoms with Crippen molar-refractivity contribution in [2.75, 3.05) is 14.2 Å². The number of ketones is 1. The largest absolute Gasteiger partial charge is 0.497 e. The Kier molecular flexibility index (Phi) is 3.62. The second-order valence-electron chi connectivity index (χ2n) is 3.48. The number of Topliss-reactive ketones (excluding diaryl/α,β-unsaturated/α-hetero) is 1. The molecular formula is C11H14O5. The van der Waals surface area contributed by atoms with E-state index in [4.69, 9.17) is 9.47 Å². The molecule has 0 heterocycles. The number of carbonyl (C=O) groups is 2. The zero-order valence-corrected chi connectivity index (χ0v) is 9.39. The first-order valence-electron chi connectivity index (χ1n) is 4.70. The minimum absolute atomic E-state index is 0.0106.